The lowest BCUT2D eigenvalue weighted by atomic mass is 9.44. The maximum atomic E-state index is 11.9. The van der Waals surface area contributed by atoms with Crippen molar-refractivity contribution in [3.63, 3.8) is 0 Å². The van der Waals surface area contributed by atoms with Crippen LogP contribution >= 0.6 is 0 Å². The quantitative estimate of drug-likeness (QED) is 0.303. The number of hydrogen-bond donors (Lipinski definition) is 0. The second-order valence-corrected chi connectivity index (χ2v) is 14.1. The van der Waals surface area contributed by atoms with Gasteiger partial charge < -0.3 is 14.2 Å². The molecule has 0 spiro atoms. The lowest BCUT2D eigenvalue weighted by Gasteiger charge is -2.61. The van der Waals surface area contributed by atoms with Gasteiger partial charge in [-0.05, 0) is 111 Å². The lowest BCUT2D eigenvalue weighted by Crippen LogP contribution is -2.54. The van der Waals surface area contributed by atoms with Crippen molar-refractivity contribution in [2.75, 3.05) is 6.61 Å². The van der Waals surface area contributed by atoms with Crippen molar-refractivity contribution in [1.29, 1.82) is 0 Å². The number of carbonyl (C=O) groups excluding carboxylic acids is 2. The average molecular weight is 529 g/mol. The van der Waals surface area contributed by atoms with E-state index in [0.29, 0.717) is 54.1 Å². The van der Waals surface area contributed by atoms with Crippen molar-refractivity contribution >= 4 is 11.9 Å². The Hall–Kier alpha value is -1.52. The highest BCUT2D eigenvalue weighted by molar-refractivity contribution is 5.69. The Bertz CT molecular complexity index is 940. The predicted molar refractivity (Wildman–Crippen MR) is 148 cm³/mol. The lowest BCUT2D eigenvalue weighted by molar-refractivity contribution is -0.161. The van der Waals surface area contributed by atoms with Crippen molar-refractivity contribution in [2.24, 2.45) is 46.3 Å². The first kappa shape index (κ1) is 28.0. The predicted octanol–water partition coefficient (Wildman–Crippen LogP) is 7.62. The molecule has 0 saturated heterocycles. The molecule has 4 fully saturated rings. The van der Waals surface area contributed by atoms with Crippen molar-refractivity contribution in [3.8, 4) is 0 Å². The van der Waals surface area contributed by atoms with Gasteiger partial charge in [-0.1, -0.05) is 34.6 Å². The summed E-state index contributed by atoms with van der Waals surface area (Å²) in [7, 11) is 0. The standard InChI is InChI=1S/C33H52O5/c1-7-29(34)36-19-20(3)9-12-27-21(4)31-28(38-27)18-26-24-11-10-22-17-23(37-30(35)8-2)13-15-32(22,5)25(24)14-16-33(26,31)6/h20,22-26,28,31H,7-19H2,1-6H3/t20-,22+,23+,24-,25-,26-,28+,31-,32+,33+/m1/s1. The number of fused-ring (bicyclic) bond motifs is 7. The van der Waals surface area contributed by atoms with Crippen LogP contribution in [0.3, 0.4) is 0 Å². The highest BCUT2D eigenvalue weighted by atomic mass is 16.5. The molecule has 5 heteroatoms. The van der Waals surface area contributed by atoms with E-state index in [4.69, 9.17) is 14.2 Å². The van der Waals surface area contributed by atoms with Gasteiger partial charge in [0.05, 0.1) is 12.4 Å². The Morgan fingerprint density at radius 3 is 2.45 bits per heavy atom. The summed E-state index contributed by atoms with van der Waals surface area (Å²) in [6.07, 6.45) is 13.2. The molecule has 4 saturated carbocycles. The van der Waals surface area contributed by atoms with E-state index < -0.39 is 0 Å². The zero-order valence-electron chi connectivity index (χ0n) is 24.9. The van der Waals surface area contributed by atoms with Gasteiger partial charge in [-0.3, -0.25) is 9.59 Å². The maximum Gasteiger partial charge on any atom is 0.305 e. The Balaban J connectivity index is 1.23. The third-order valence-corrected chi connectivity index (χ3v) is 12.1. The highest BCUT2D eigenvalue weighted by Gasteiger charge is 2.64. The van der Waals surface area contributed by atoms with Crippen LogP contribution in [0, 0.1) is 46.3 Å². The minimum Gasteiger partial charge on any atom is -0.494 e. The molecule has 5 rings (SSSR count). The summed E-state index contributed by atoms with van der Waals surface area (Å²) in [5, 5.41) is 0. The highest BCUT2D eigenvalue weighted by Crippen LogP contribution is 2.69. The molecule has 5 aliphatic rings. The molecule has 5 nitrogen and oxygen atoms in total. The fourth-order valence-electron chi connectivity index (χ4n) is 9.98. The largest absolute Gasteiger partial charge is 0.494 e. The van der Waals surface area contributed by atoms with Gasteiger partial charge in [-0.25, -0.2) is 0 Å². The average Bonchev–Trinajstić information content (AvgIpc) is 3.38. The molecule has 0 aromatic rings. The first-order chi connectivity index (χ1) is 18.1. The van der Waals surface area contributed by atoms with E-state index in [1.165, 1.54) is 49.9 Å². The Morgan fingerprint density at radius 2 is 1.71 bits per heavy atom. The number of hydrogen-bond acceptors (Lipinski definition) is 5. The Kier molecular flexibility index (Phi) is 7.97. The van der Waals surface area contributed by atoms with Crippen molar-refractivity contribution in [3.05, 3.63) is 11.3 Å². The van der Waals surface area contributed by atoms with Crippen LogP contribution in [-0.2, 0) is 23.8 Å². The van der Waals surface area contributed by atoms with Crippen LogP contribution < -0.4 is 0 Å². The zero-order chi connectivity index (χ0) is 27.2. The van der Waals surface area contributed by atoms with E-state index in [1.807, 2.05) is 13.8 Å². The SMILES string of the molecule is CCC(=O)OC[C@H](C)CCC1=C(C)[C@@H]2[C@H](C[C@@H]3[C@@H]4CC[C@H]5C[C@@H](OC(=O)CC)CC[C@]5(C)[C@@H]4CC[C@@]32C)O1. The number of esters is 2. The summed E-state index contributed by atoms with van der Waals surface area (Å²) in [5.74, 6) is 5.07. The van der Waals surface area contributed by atoms with Crippen LogP contribution in [0.5, 0.6) is 0 Å². The fraction of sp³-hybridized carbons (Fsp3) is 0.879. The van der Waals surface area contributed by atoms with Crippen molar-refractivity contribution < 1.29 is 23.8 Å². The topological polar surface area (TPSA) is 61.8 Å². The summed E-state index contributed by atoms with van der Waals surface area (Å²) in [4.78, 5) is 23.5. The molecule has 1 aliphatic heterocycles. The molecule has 10 atom stereocenters. The third kappa shape index (κ3) is 4.83. The smallest absolute Gasteiger partial charge is 0.305 e. The van der Waals surface area contributed by atoms with Gasteiger partial charge >= 0.3 is 11.9 Å². The molecule has 4 aliphatic carbocycles. The zero-order valence-corrected chi connectivity index (χ0v) is 24.9. The van der Waals surface area contributed by atoms with E-state index >= 15 is 0 Å². The number of rotatable bonds is 8. The summed E-state index contributed by atoms with van der Waals surface area (Å²) < 4.78 is 17.9. The summed E-state index contributed by atoms with van der Waals surface area (Å²) in [6, 6.07) is 0. The van der Waals surface area contributed by atoms with Crippen molar-refractivity contribution in [2.45, 2.75) is 131 Å². The first-order valence-corrected chi connectivity index (χ1v) is 15.8. The monoisotopic (exact) mass is 528 g/mol. The van der Waals surface area contributed by atoms with Crippen LogP contribution in [0.4, 0.5) is 0 Å². The molecule has 1 heterocycles. The molecule has 214 valence electrons. The van der Waals surface area contributed by atoms with Gasteiger partial charge in [0.15, 0.2) is 0 Å². The van der Waals surface area contributed by atoms with E-state index in [9.17, 15) is 9.59 Å². The van der Waals surface area contributed by atoms with Gasteiger partial charge in [0.1, 0.15) is 12.2 Å². The summed E-state index contributed by atoms with van der Waals surface area (Å²) in [6.45, 7) is 13.9. The molecule has 0 amide bonds. The van der Waals surface area contributed by atoms with Crippen LogP contribution in [-0.4, -0.2) is 30.8 Å². The normalized spacial score (nSPS) is 42.3. The fourth-order valence-corrected chi connectivity index (χ4v) is 9.98. The molecule has 38 heavy (non-hydrogen) atoms. The summed E-state index contributed by atoms with van der Waals surface area (Å²) >= 11 is 0. The van der Waals surface area contributed by atoms with E-state index in [0.717, 1.165) is 43.4 Å². The molecule has 0 aromatic heterocycles. The first-order valence-electron chi connectivity index (χ1n) is 15.8. The second-order valence-electron chi connectivity index (χ2n) is 14.1. The van der Waals surface area contributed by atoms with Crippen LogP contribution in [0.1, 0.15) is 119 Å². The number of carbonyl (C=O) groups is 2. The van der Waals surface area contributed by atoms with Gasteiger partial charge in [0.25, 0.3) is 0 Å². The van der Waals surface area contributed by atoms with Gasteiger partial charge in [-0.2, -0.15) is 0 Å². The van der Waals surface area contributed by atoms with E-state index in [2.05, 4.69) is 27.7 Å². The molecular weight excluding hydrogens is 476 g/mol. The maximum absolute atomic E-state index is 11.9. The van der Waals surface area contributed by atoms with Crippen LogP contribution in [0.25, 0.3) is 0 Å². The third-order valence-electron chi connectivity index (χ3n) is 12.1. The summed E-state index contributed by atoms with van der Waals surface area (Å²) in [5.41, 5.74) is 2.25. The van der Waals surface area contributed by atoms with E-state index in [1.54, 1.807) is 0 Å². The molecule has 0 unspecified atom stereocenters. The molecule has 0 radical (unpaired) electrons. The minimum absolute atomic E-state index is 0.0320. The van der Waals surface area contributed by atoms with Crippen LogP contribution in [0.2, 0.25) is 0 Å². The minimum atomic E-state index is -0.107. The van der Waals surface area contributed by atoms with Gasteiger partial charge in [-0.15, -0.1) is 0 Å². The molecule has 0 aromatic carbocycles. The number of allylic oxidation sites excluding steroid dienone is 1. The van der Waals surface area contributed by atoms with Crippen LogP contribution in [0.15, 0.2) is 11.3 Å². The second kappa shape index (κ2) is 10.8. The van der Waals surface area contributed by atoms with Gasteiger partial charge in [0.2, 0.25) is 0 Å². The van der Waals surface area contributed by atoms with Crippen molar-refractivity contribution in [1.82, 2.24) is 0 Å². The Morgan fingerprint density at radius 1 is 0.974 bits per heavy atom. The molecule has 0 bridgehead atoms. The molecule has 0 N–H and O–H groups in total. The Labute approximate surface area is 230 Å². The molecular formula is C33H52O5. The van der Waals surface area contributed by atoms with E-state index in [-0.39, 0.29) is 18.0 Å². The van der Waals surface area contributed by atoms with Gasteiger partial charge in [0, 0.05) is 25.2 Å². The number of ether oxygens (including phenoxy) is 3.